The maximum atomic E-state index is 11.9. The molecule has 0 amide bonds. The molecular formula is C14H18N2O4. The Hall–Kier alpha value is -2.18. The van der Waals surface area contributed by atoms with E-state index in [2.05, 4.69) is 11.9 Å². The number of ether oxygens (including phenoxy) is 1. The number of carboxylic acids is 1. The van der Waals surface area contributed by atoms with E-state index in [0.29, 0.717) is 6.54 Å². The van der Waals surface area contributed by atoms with Gasteiger partial charge in [0.15, 0.2) is 0 Å². The van der Waals surface area contributed by atoms with Crippen molar-refractivity contribution in [2.45, 2.75) is 12.1 Å². The molecule has 0 heterocycles. The van der Waals surface area contributed by atoms with E-state index in [4.69, 9.17) is 15.6 Å². The van der Waals surface area contributed by atoms with Crippen molar-refractivity contribution in [3.63, 3.8) is 0 Å². The summed E-state index contributed by atoms with van der Waals surface area (Å²) in [4.78, 5) is 23.1. The molecule has 0 bridgehead atoms. The van der Waals surface area contributed by atoms with Crippen molar-refractivity contribution in [1.29, 1.82) is 0 Å². The van der Waals surface area contributed by atoms with Gasteiger partial charge in [0.1, 0.15) is 6.61 Å². The smallest absolute Gasteiger partial charge is 0.339 e. The summed E-state index contributed by atoms with van der Waals surface area (Å²) in [6, 6.07) is 8.95. The van der Waals surface area contributed by atoms with Gasteiger partial charge in [-0.2, -0.15) is 0 Å². The number of carbonyl (C=O) groups is 2. The fourth-order valence-electron chi connectivity index (χ4n) is 1.46. The number of aliphatic carboxylic acids is 1. The van der Waals surface area contributed by atoms with Crippen LogP contribution < -0.4 is 11.1 Å². The number of benzene rings is 1. The van der Waals surface area contributed by atoms with Crippen molar-refractivity contribution in [1.82, 2.24) is 5.32 Å². The summed E-state index contributed by atoms with van der Waals surface area (Å²) < 4.78 is 4.97. The highest BCUT2D eigenvalue weighted by atomic mass is 16.5. The first-order chi connectivity index (χ1) is 9.50. The van der Waals surface area contributed by atoms with Crippen molar-refractivity contribution < 1.29 is 19.4 Å². The zero-order valence-corrected chi connectivity index (χ0v) is 11.0. The van der Waals surface area contributed by atoms with Crippen LogP contribution in [-0.2, 0) is 20.9 Å². The molecule has 1 aromatic rings. The molecule has 0 radical (unpaired) electrons. The summed E-state index contributed by atoms with van der Waals surface area (Å²) in [5, 5.41) is 11.8. The van der Waals surface area contributed by atoms with Gasteiger partial charge in [-0.3, -0.25) is 0 Å². The second kappa shape index (κ2) is 7.42. The van der Waals surface area contributed by atoms with Gasteiger partial charge in [-0.05, 0) is 5.56 Å². The van der Waals surface area contributed by atoms with Gasteiger partial charge in [-0.25, -0.2) is 9.59 Å². The monoisotopic (exact) mass is 278 g/mol. The van der Waals surface area contributed by atoms with Crippen LogP contribution in [0, 0.1) is 0 Å². The Labute approximate surface area is 117 Å². The topological polar surface area (TPSA) is 102 Å². The fourth-order valence-corrected chi connectivity index (χ4v) is 1.46. The van der Waals surface area contributed by atoms with Crippen LogP contribution in [-0.4, -0.2) is 35.7 Å². The van der Waals surface area contributed by atoms with Crippen LogP contribution in [0.15, 0.2) is 43.0 Å². The molecule has 0 unspecified atom stereocenters. The molecule has 1 aromatic carbocycles. The quantitative estimate of drug-likeness (QED) is 0.273. The highest BCUT2D eigenvalue weighted by Gasteiger charge is 2.43. The van der Waals surface area contributed by atoms with Crippen LogP contribution in [0.25, 0.3) is 0 Å². The van der Waals surface area contributed by atoms with Gasteiger partial charge in [0.05, 0.1) is 0 Å². The second-order valence-electron chi connectivity index (χ2n) is 4.26. The Morgan fingerprint density at radius 3 is 2.60 bits per heavy atom. The van der Waals surface area contributed by atoms with E-state index in [0.717, 1.165) is 5.56 Å². The standard InChI is InChI=1S/C14H18N2O4/c1-2-8-16-10-14(15,12(17)18)13(19)20-9-11-6-4-3-5-7-11/h2-7,16H,1,8-10,15H2,(H,17,18)/t14-/m0/s1. The molecule has 0 saturated heterocycles. The zero-order valence-electron chi connectivity index (χ0n) is 11.0. The van der Waals surface area contributed by atoms with Crippen LogP contribution in [0.5, 0.6) is 0 Å². The first-order valence-corrected chi connectivity index (χ1v) is 6.05. The normalized spacial score (nSPS) is 13.2. The van der Waals surface area contributed by atoms with Crippen molar-refractivity contribution in [3.05, 3.63) is 48.6 Å². The second-order valence-corrected chi connectivity index (χ2v) is 4.26. The van der Waals surface area contributed by atoms with E-state index < -0.39 is 17.5 Å². The first-order valence-electron chi connectivity index (χ1n) is 6.05. The van der Waals surface area contributed by atoms with Crippen LogP contribution >= 0.6 is 0 Å². The number of rotatable bonds is 8. The molecule has 6 heteroatoms. The lowest BCUT2D eigenvalue weighted by atomic mass is 10.0. The number of hydrogen-bond acceptors (Lipinski definition) is 5. The minimum atomic E-state index is -2.11. The number of nitrogens with two attached hydrogens (primary N) is 1. The minimum absolute atomic E-state index is 0.0205. The van der Waals surface area contributed by atoms with Gasteiger partial charge in [-0.15, -0.1) is 6.58 Å². The average molecular weight is 278 g/mol. The van der Waals surface area contributed by atoms with E-state index in [1.54, 1.807) is 24.3 Å². The van der Waals surface area contributed by atoms with Crippen LogP contribution in [0.3, 0.4) is 0 Å². The van der Waals surface area contributed by atoms with Gasteiger partial charge in [0.2, 0.25) is 5.54 Å². The Bertz CT molecular complexity index is 475. The van der Waals surface area contributed by atoms with Crippen molar-refractivity contribution >= 4 is 11.9 Å². The fraction of sp³-hybridized carbons (Fsp3) is 0.286. The minimum Gasteiger partial charge on any atom is -0.479 e. The molecule has 6 nitrogen and oxygen atoms in total. The molecule has 0 saturated carbocycles. The Morgan fingerprint density at radius 1 is 1.40 bits per heavy atom. The molecule has 4 N–H and O–H groups in total. The Balaban J connectivity index is 2.64. The first kappa shape index (κ1) is 15.9. The largest absolute Gasteiger partial charge is 0.479 e. The molecule has 1 atom stereocenters. The Kier molecular flexibility index (Phi) is 5.89. The van der Waals surface area contributed by atoms with E-state index in [-0.39, 0.29) is 13.2 Å². The molecule has 0 aromatic heterocycles. The van der Waals surface area contributed by atoms with Gasteiger partial charge in [0.25, 0.3) is 0 Å². The third-order valence-electron chi connectivity index (χ3n) is 2.65. The van der Waals surface area contributed by atoms with E-state index >= 15 is 0 Å². The number of esters is 1. The number of carboxylic acid groups (broad SMARTS) is 1. The SMILES string of the molecule is C=CCNC[C@](N)(C(=O)O)C(=O)OCc1ccccc1. The van der Waals surface area contributed by atoms with Crippen LogP contribution in [0.2, 0.25) is 0 Å². The number of hydrogen-bond donors (Lipinski definition) is 3. The zero-order chi connectivity index (χ0) is 15.0. The maximum Gasteiger partial charge on any atom is 0.339 e. The van der Waals surface area contributed by atoms with Crippen molar-refractivity contribution in [2.75, 3.05) is 13.1 Å². The maximum absolute atomic E-state index is 11.9. The predicted molar refractivity (Wildman–Crippen MR) is 73.9 cm³/mol. The Morgan fingerprint density at radius 2 is 2.05 bits per heavy atom. The van der Waals surface area contributed by atoms with Gasteiger partial charge in [-0.1, -0.05) is 36.4 Å². The van der Waals surface area contributed by atoms with Gasteiger partial charge in [0, 0.05) is 13.1 Å². The summed E-state index contributed by atoms with van der Waals surface area (Å²) in [6.07, 6.45) is 1.54. The third-order valence-corrected chi connectivity index (χ3v) is 2.65. The average Bonchev–Trinajstić information content (AvgIpc) is 2.45. The van der Waals surface area contributed by atoms with Gasteiger partial charge < -0.3 is 20.9 Å². The van der Waals surface area contributed by atoms with Crippen molar-refractivity contribution in [2.24, 2.45) is 5.73 Å². The molecule has 1 rings (SSSR count). The summed E-state index contributed by atoms with van der Waals surface area (Å²) >= 11 is 0. The summed E-state index contributed by atoms with van der Waals surface area (Å²) in [7, 11) is 0. The van der Waals surface area contributed by atoms with E-state index in [1.165, 1.54) is 6.08 Å². The molecule has 0 aliphatic carbocycles. The van der Waals surface area contributed by atoms with Crippen molar-refractivity contribution in [3.8, 4) is 0 Å². The van der Waals surface area contributed by atoms with E-state index in [1.807, 2.05) is 6.07 Å². The number of carbonyl (C=O) groups excluding carboxylic acids is 1. The summed E-state index contributed by atoms with van der Waals surface area (Å²) in [5.41, 5.74) is 4.26. The summed E-state index contributed by atoms with van der Waals surface area (Å²) in [5.74, 6) is -2.42. The molecule has 108 valence electrons. The predicted octanol–water partition coefficient (Wildman–Crippen LogP) is 0.288. The molecular weight excluding hydrogens is 260 g/mol. The highest BCUT2D eigenvalue weighted by Crippen LogP contribution is 2.07. The molecule has 0 aliphatic rings. The molecule has 0 spiro atoms. The lowest BCUT2D eigenvalue weighted by Crippen LogP contribution is -2.61. The van der Waals surface area contributed by atoms with E-state index in [9.17, 15) is 9.59 Å². The highest BCUT2D eigenvalue weighted by molar-refractivity contribution is 6.04. The lowest BCUT2D eigenvalue weighted by Gasteiger charge is -2.22. The molecule has 0 aliphatic heterocycles. The molecule has 0 fully saturated rings. The summed E-state index contributed by atoms with van der Waals surface area (Å²) in [6.45, 7) is 3.57. The van der Waals surface area contributed by atoms with Gasteiger partial charge >= 0.3 is 11.9 Å². The van der Waals surface area contributed by atoms with Crippen LogP contribution in [0.1, 0.15) is 5.56 Å². The third kappa shape index (κ3) is 4.18. The van der Waals surface area contributed by atoms with Crippen LogP contribution in [0.4, 0.5) is 0 Å². The number of nitrogens with one attached hydrogen (secondary N) is 1. The molecule has 20 heavy (non-hydrogen) atoms. The lowest BCUT2D eigenvalue weighted by molar-refractivity contribution is -0.161.